The molecule has 0 spiro atoms. The minimum absolute atomic E-state index is 0.00306. The van der Waals surface area contributed by atoms with Gasteiger partial charge in [0.15, 0.2) is 6.29 Å². The highest BCUT2D eigenvalue weighted by Crippen LogP contribution is 2.23. The third-order valence-corrected chi connectivity index (χ3v) is 18.5. The predicted molar refractivity (Wildman–Crippen MR) is 393 cm³/mol. The fourth-order valence-corrected chi connectivity index (χ4v) is 12.2. The molecule has 0 saturated carbocycles. The maximum absolute atomic E-state index is 13.1. The molecule has 1 heterocycles. The molecule has 1 rings (SSSR count). The van der Waals surface area contributed by atoms with Crippen molar-refractivity contribution in [3.05, 3.63) is 72.9 Å². The fraction of sp³-hybridized carbons (Fsp3) is 0.829. The summed E-state index contributed by atoms with van der Waals surface area (Å²) >= 11 is 0. The first kappa shape index (κ1) is 88.1. The summed E-state index contributed by atoms with van der Waals surface area (Å²) in [6.45, 7) is 4.31. The summed E-state index contributed by atoms with van der Waals surface area (Å²) in [6, 6.07) is -0.834. The van der Waals surface area contributed by atoms with Gasteiger partial charge in [-0.1, -0.05) is 324 Å². The number of nitrogens with one attached hydrogen (secondary N) is 1. The summed E-state index contributed by atoms with van der Waals surface area (Å²) in [4.78, 5) is 25.1. The molecule has 11 heteroatoms. The molecule has 1 aliphatic heterocycles. The molecule has 1 saturated heterocycles. The number of rotatable bonds is 70. The van der Waals surface area contributed by atoms with Crippen LogP contribution < -0.4 is 5.32 Å². The molecule has 1 amide bonds. The van der Waals surface area contributed by atoms with Crippen LogP contribution in [0.1, 0.15) is 373 Å². The van der Waals surface area contributed by atoms with E-state index in [9.17, 15) is 35.1 Å². The molecule has 6 N–H and O–H groups in total. The topological polar surface area (TPSA) is 175 Å². The number of ether oxygens (including phenoxy) is 3. The van der Waals surface area contributed by atoms with Crippen molar-refractivity contribution in [2.45, 2.75) is 416 Å². The Morgan fingerprint density at radius 3 is 1.16 bits per heavy atom. The van der Waals surface area contributed by atoms with Crippen LogP contribution in [0.5, 0.6) is 0 Å². The number of carbonyl (C=O) groups excluding carboxylic acids is 2. The molecule has 1 aliphatic rings. The van der Waals surface area contributed by atoms with E-state index in [-0.39, 0.29) is 18.5 Å². The molecule has 0 aliphatic carbocycles. The Labute approximate surface area is 572 Å². The van der Waals surface area contributed by atoms with Crippen LogP contribution in [-0.4, -0.2) is 100 Å². The van der Waals surface area contributed by atoms with Crippen molar-refractivity contribution < 1.29 is 49.3 Å². The van der Waals surface area contributed by atoms with Crippen LogP contribution in [0.25, 0.3) is 0 Å². The fourth-order valence-electron chi connectivity index (χ4n) is 12.2. The molecule has 93 heavy (non-hydrogen) atoms. The van der Waals surface area contributed by atoms with Crippen molar-refractivity contribution in [2.24, 2.45) is 0 Å². The van der Waals surface area contributed by atoms with Crippen LogP contribution in [0.15, 0.2) is 72.9 Å². The third kappa shape index (κ3) is 58.9. The lowest BCUT2D eigenvalue weighted by molar-refractivity contribution is -0.302. The zero-order valence-corrected chi connectivity index (χ0v) is 60.5. The van der Waals surface area contributed by atoms with E-state index >= 15 is 0 Å². The van der Waals surface area contributed by atoms with Gasteiger partial charge in [-0.2, -0.15) is 0 Å². The van der Waals surface area contributed by atoms with Crippen molar-refractivity contribution in [3.8, 4) is 0 Å². The highest BCUT2D eigenvalue weighted by molar-refractivity contribution is 5.76. The van der Waals surface area contributed by atoms with Crippen LogP contribution in [0.4, 0.5) is 0 Å². The van der Waals surface area contributed by atoms with Crippen molar-refractivity contribution in [3.63, 3.8) is 0 Å². The molecule has 11 nitrogen and oxygen atoms in total. The Bertz CT molecular complexity index is 1780. The van der Waals surface area contributed by atoms with Gasteiger partial charge in [0.1, 0.15) is 24.4 Å². The quantitative estimate of drug-likeness (QED) is 0.0195. The van der Waals surface area contributed by atoms with E-state index < -0.39 is 49.5 Å². The first-order valence-corrected chi connectivity index (χ1v) is 39.7. The molecule has 542 valence electrons. The van der Waals surface area contributed by atoms with Crippen molar-refractivity contribution in [1.82, 2.24) is 5.32 Å². The summed E-state index contributed by atoms with van der Waals surface area (Å²) in [5, 5.41) is 54.6. The number of amides is 1. The van der Waals surface area contributed by atoms with E-state index in [1.807, 2.05) is 6.08 Å². The first-order valence-electron chi connectivity index (χ1n) is 39.7. The molecule has 0 aromatic rings. The van der Waals surface area contributed by atoms with E-state index in [1.165, 1.54) is 270 Å². The van der Waals surface area contributed by atoms with E-state index in [0.717, 1.165) is 77.0 Å². The Hall–Kier alpha value is -2.90. The summed E-state index contributed by atoms with van der Waals surface area (Å²) in [6.07, 6.45) is 86.5. The number of allylic oxidation sites excluding steroid dienone is 11. The van der Waals surface area contributed by atoms with E-state index in [2.05, 4.69) is 79.9 Å². The maximum Gasteiger partial charge on any atom is 0.305 e. The van der Waals surface area contributed by atoms with Gasteiger partial charge in [-0.15, -0.1) is 0 Å². The third-order valence-electron chi connectivity index (χ3n) is 18.5. The lowest BCUT2D eigenvalue weighted by Gasteiger charge is -2.40. The average molecular weight is 1310 g/mol. The number of carbonyl (C=O) groups is 2. The largest absolute Gasteiger partial charge is 0.466 e. The number of aliphatic hydroxyl groups excluding tert-OH is 5. The van der Waals surface area contributed by atoms with Gasteiger partial charge in [0, 0.05) is 12.8 Å². The summed E-state index contributed by atoms with van der Waals surface area (Å²) in [7, 11) is 0. The summed E-state index contributed by atoms with van der Waals surface area (Å²) in [5.41, 5.74) is 0. The van der Waals surface area contributed by atoms with Crippen molar-refractivity contribution in [1.29, 1.82) is 0 Å². The molecule has 0 aromatic carbocycles. The lowest BCUT2D eigenvalue weighted by Crippen LogP contribution is -2.60. The molecule has 0 aromatic heterocycles. The van der Waals surface area contributed by atoms with Gasteiger partial charge in [0.05, 0.1) is 32.0 Å². The van der Waals surface area contributed by atoms with Gasteiger partial charge in [-0.25, -0.2) is 0 Å². The molecular weight excluding hydrogens is 1160 g/mol. The lowest BCUT2D eigenvalue weighted by atomic mass is 9.99. The zero-order valence-electron chi connectivity index (χ0n) is 60.5. The van der Waals surface area contributed by atoms with Crippen LogP contribution in [-0.2, 0) is 23.8 Å². The van der Waals surface area contributed by atoms with Gasteiger partial charge in [-0.3, -0.25) is 9.59 Å². The molecule has 7 unspecified atom stereocenters. The van der Waals surface area contributed by atoms with Gasteiger partial charge < -0.3 is 45.1 Å². The van der Waals surface area contributed by atoms with Crippen LogP contribution >= 0.6 is 0 Å². The van der Waals surface area contributed by atoms with Gasteiger partial charge in [-0.05, 0) is 109 Å². The smallest absolute Gasteiger partial charge is 0.305 e. The molecule has 0 radical (unpaired) electrons. The second kappa shape index (κ2) is 70.4. The van der Waals surface area contributed by atoms with E-state index in [1.54, 1.807) is 6.08 Å². The molecule has 7 atom stereocenters. The van der Waals surface area contributed by atoms with E-state index in [0.29, 0.717) is 19.4 Å². The molecule has 0 bridgehead atoms. The highest BCUT2D eigenvalue weighted by atomic mass is 16.7. The predicted octanol–water partition coefficient (Wildman–Crippen LogP) is 21.4. The SMILES string of the molecule is CCCC/C=C\CCCCCCCC(=O)OCCCCCCCCCCCCCCCCC/C=C\C/C=C\CCCCCCCCCCCCCCCCCCCC(=O)NC(COC1OC(CO)C(O)C(O)C1O)C(O)/C=C/CC/C=C/CC/C=C/CCCCCCC. The Kier molecular flexibility index (Phi) is 66.7. The van der Waals surface area contributed by atoms with Gasteiger partial charge in [0.2, 0.25) is 5.91 Å². The van der Waals surface area contributed by atoms with Gasteiger partial charge in [0.25, 0.3) is 0 Å². The normalized spacial score (nSPS) is 17.9. The Morgan fingerprint density at radius 1 is 0.398 bits per heavy atom. The van der Waals surface area contributed by atoms with E-state index in [4.69, 9.17) is 14.2 Å². The molecular formula is C82H149NO10. The zero-order chi connectivity index (χ0) is 67.2. The number of hydrogen-bond donors (Lipinski definition) is 6. The summed E-state index contributed by atoms with van der Waals surface area (Å²) < 4.78 is 16.7. The van der Waals surface area contributed by atoms with Crippen molar-refractivity contribution >= 4 is 11.9 Å². The number of unbranched alkanes of at least 4 members (excludes halogenated alkanes) is 46. The Balaban J connectivity index is 1.94. The van der Waals surface area contributed by atoms with Crippen LogP contribution in [0, 0.1) is 0 Å². The second-order valence-corrected chi connectivity index (χ2v) is 27.4. The minimum atomic E-state index is -1.58. The maximum atomic E-state index is 13.1. The number of esters is 1. The summed E-state index contributed by atoms with van der Waals surface area (Å²) in [5.74, 6) is -0.189. The minimum Gasteiger partial charge on any atom is -0.466 e. The number of hydrogen-bond acceptors (Lipinski definition) is 10. The number of aliphatic hydroxyl groups is 5. The first-order chi connectivity index (χ1) is 45.7. The average Bonchev–Trinajstić information content (AvgIpc) is 0.905. The van der Waals surface area contributed by atoms with Crippen LogP contribution in [0.2, 0.25) is 0 Å². The second-order valence-electron chi connectivity index (χ2n) is 27.4. The van der Waals surface area contributed by atoms with Crippen molar-refractivity contribution in [2.75, 3.05) is 19.8 Å². The standard InChI is InChI=1S/C82H149NO10/c1-3-5-7-9-11-13-15-16-42-45-49-52-56-60-64-68-75(85)74(73-92-82-81(90)80(89)79(88)76(72-84)93-82)83-77(86)69-65-61-57-53-50-46-43-40-38-36-34-32-30-28-26-24-22-20-18-17-19-21-23-25-27-29-31-33-35-37-39-41-44-47-51-55-59-63-67-71-91-78(87)70-66-62-58-54-48-14-12-10-8-6-4-2/h10,12,15-18,21,23,49,52,64,68,74-76,79-82,84-85,88-90H,3-9,11,13-14,19-20,22,24-48,50-51,53-63,65-67,69-73H2,1-2H3,(H,83,86)/b12-10-,16-15+,18-17-,23-21-,52-49+,68-64+. The monoisotopic (exact) mass is 1310 g/mol. The highest BCUT2D eigenvalue weighted by Gasteiger charge is 2.44. The van der Waals surface area contributed by atoms with Gasteiger partial charge >= 0.3 is 5.97 Å². The molecule has 1 fully saturated rings. The van der Waals surface area contributed by atoms with Crippen LogP contribution in [0.3, 0.4) is 0 Å². The Morgan fingerprint density at radius 2 is 0.742 bits per heavy atom.